The van der Waals surface area contributed by atoms with Crippen LogP contribution < -0.4 is 25.1 Å². The first kappa shape index (κ1) is 38.1. The van der Waals surface area contributed by atoms with E-state index in [4.69, 9.17) is 29.2 Å². The molecule has 4 heterocycles. The van der Waals surface area contributed by atoms with Crippen molar-refractivity contribution in [1.82, 2.24) is 20.0 Å². The van der Waals surface area contributed by atoms with Gasteiger partial charge in [0.2, 0.25) is 5.91 Å². The van der Waals surface area contributed by atoms with E-state index in [1.807, 2.05) is 84.9 Å². The van der Waals surface area contributed by atoms with Crippen molar-refractivity contribution in [3.8, 4) is 28.7 Å². The minimum atomic E-state index is -0.526. The van der Waals surface area contributed by atoms with Crippen LogP contribution in [-0.4, -0.2) is 70.0 Å². The second-order valence-corrected chi connectivity index (χ2v) is 13.5. The number of methoxy groups -OCH3 is 1. The SMILES string of the molecule is COc1ccc2cc1OCCCNC(=O)c1cc(ccc1O)Oc1ccc3c(c1)CCN(C(=O)Cn1nc(Cc4ccccc4)c4ccccc4c1=O)C23.O=CO. The van der Waals surface area contributed by atoms with Gasteiger partial charge in [-0.1, -0.05) is 60.7 Å². The number of amides is 2. The van der Waals surface area contributed by atoms with Crippen LogP contribution in [0.2, 0.25) is 0 Å². The average molecular weight is 769 g/mol. The van der Waals surface area contributed by atoms with Crippen molar-refractivity contribution < 1.29 is 38.8 Å². The summed E-state index contributed by atoms with van der Waals surface area (Å²) in [5.41, 5.74) is 4.21. The molecule has 0 fully saturated rings. The topological polar surface area (TPSA) is 170 Å². The lowest BCUT2D eigenvalue weighted by atomic mass is 9.87. The highest BCUT2D eigenvalue weighted by atomic mass is 16.5. The predicted octanol–water partition coefficient (Wildman–Crippen LogP) is 5.88. The Hall–Kier alpha value is -7.15. The summed E-state index contributed by atoms with van der Waals surface area (Å²) in [5, 5.41) is 26.2. The highest BCUT2D eigenvalue weighted by Crippen LogP contribution is 2.41. The second kappa shape index (κ2) is 17.1. The molecule has 0 aliphatic carbocycles. The summed E-state index contributed by atoms with van der Waals surface area (Å²) >= 11 is 0. The van der Waals surface area contributed by atoms with Crippen molar-refractivity contribution in [1.29, 1.82) is 0 Å². The van der Waals surface area contributed by atoms with Gasteiger partial charge in [-0.3, -0.25) is 19.2 Å². The highest BCUT2D eigenvalue weighted by molar-refractivity contribution is 5.97. The average Bonchev–Trinajstić information content (AvgIpc) is 3.22. The van der Waals surface area contributed by atoms with Crippen molar-refractivity contribution in [2.24, 2.45) is 0 Å². The molecular formula is C44H40N4O9. The number of nitrogens with one attached hydrogen (secondary N) is 1. The van der Waals surface area contributed by atoms with Crippen LogP contribution in [0.1, 0.15) is 50.8 Å². The molecule has 6 aromatic rings. The lowest BCUT2D eigenvalue weighted by Gasteiger charge is -2.38. The van der Waals surface area contributed by atoms with E-state index in [-0.39, 0.29) is 42.4 Å². The van der Waals surface area contributed by atoms with Gasteiger partial charge >= 0.3 is 0 Å². The van der Waals surface area contributed by atoms with Gasteiger partial charge in [0.25, 0.3) is 17.9 Å². The Balaban J connectivity index is 0.00000160. The molecule has 1 unspecified atom stereocenters. The minimum Gasteiger partial charge on any atom is -0.507 e. The van der Waals surface area contributed by atoms with Gasteiger partial charge in [-0.15, -0.1) is 0 Å². The van der Waals surface area contributed by atoms with E-state index in [9.17, 15) is 19.5 Å². The monoisotopic (exact) mass is 768 g/mol. The molecule has 1 atom stereocenters. The standard InChI is InChI=1S/C43H38N4O7.CH2O2/c1-52-38-17-12-29-24-39(38)53-21-7-19-44-42(50)35-25-31(14-16-37(35)48)54-30-13-15-32-28(23-30)18-20-46(41(29)32)40(49)26-47-43(51)34-11-6-5-10-33(34)36(45-47)22-27-8-3-2-4-9-27;2-1-3/h2-6,8-17,23-25,41,48H,7,18-22,26H2,1H3,(H,44,50);1H,(H,2,3). The van der Waals surface area contributed by atoms with Crippen molar-refractivity contribution in [2.45, 2.75) is 31.8 Å². The maximum absolute atomic E-state index is 14.5. The van der Waals surface area contributed by atoms with E-state index in [0.717, 1.165) is 27.6 Å². The third kappa shape index (κ3) is 8.27. The maximum Gasteiger partial charge on any atom is 0.290 e. The summed E-state index contributed by atoms with van der Waals surface area (Å²) in [6, 6.07) is 32.7. The second-order valence-electron chi connectivity index (χ2n) is 13.5. The van der Waals surface area contributed by atoms with Gasteiger partial charge in [0.15, 0.2) is 11.5 Å². The molecule has 2 amide bonds. The Morgan fingerprint density at radius 2 is 1.68 bits per heavy atom. The Morgan fingerprint density at radius 3 is 2.47 bits per heavy atom. The first-order valence-electron chi connectivity index (χ1n) is 18.4. The van der Waals surface area contributed by atoms with Gasteiger partial charge in [-0.25, -0.2) is 4.68 Å². The van der Waals surface area contributed by atoms with Crippen LogP contribution >= 0.6 is 0 Å². The molecule has 13 nitrogen and oxygen atoms in total. The number of hydrogen-bond acceptors (Lipinski definition) is 9. The minimum absolute atomic E-state index is 0.100. The quantitative estimate of drug-likeness (QED) is 0.180. The number of carbonyl (C=O) groups excluding carboxylic acids is 2. The molecule has 8 bridgehead atoms. The number of nitrogens with zero attached hydrogens (tertiary/aromatic N) is 3. The third-order valence-electron chi connectivity index (χ3n) is 9.92. The molecule has 3 N–H and O–H groups in total. The Bertz CT molecular complexity index is 2500. The Kier molecular flexibility index (Phi) is 11.4. The van der Waals surface area contributed by atoms with Crippen LogP contribution in [0.3, 0.4) is 0 Å². The molecule has 1 aromatic heterocycles. The number of fused-ring (bicyclic) bond motifs is 7. The zero-order valence-corrected chi connectivity index (χ0v) is 31.1. The zero-order chi connectivity index (χ0) is 39.9. The van der Waals surface area contributed by atoms with Gasteiger partial charge in [-0.05, 0) is 83.6 Å². The maximum atomic E-state index is 14.5. The normalized spacial score (nSPS) is 14.8. The molecule has 0 saturated heterocycles. The molecule has 5 aromatic carbocycles. The number of aromatic nitrogens is 2. The largest absolute Gasteiger partial charge is 0.507 e. The molecule has 0 radical (unpaired) electrons. The summed E-state index contributed by atoms with van der Waals surface area (Å²) in [6.45, 7) is 0.442. The number of phenolic OH excluding ortho intramolecular Hbond substituents is 1. The smallest absolute Gasteiger partial charge is 0.290 e. The number of carboxylic acid groups (broad SMARTS) is 1. The summed E-state index contributed by atoms with van der Waals surface area (Å²) < 4.78 is 19.3. The molecule has 0 saturated carbocycles. The number of rotatable bonds is 5. The summed E-state index contributed by atoms with van der Waals surface area (Å²) in [4.78, 5) is 51.5. The summed E-state index contributed by atoms with van der Waals surface area (Å²) in [6.07, 6.45) is 1.51. The van der Waals surface area contributed by atoms with Crippen LogP contribution in [0.15, 0.2) is 114 Å². The van der Waals surface area contributed by atoms with E-state index < -0.39 is 11.9 Å². The number of hydrogen-bond donors (Lipinski definition) is 3. The first-order chi connectivity index (χ1) is 27.8. The summed E-state index contributed by atoms with van der Waals surface area (Å²) in [5.74, 6) is 1.12. The van der Waals surface area contributed by atoms with E-state index >= 15 is 0 Å². The van der Waals surface area contributed by atoms with Crippen LogP contribution in [0.25, 0.3) is 10.8 Å². The molecule has 290 valence electrons. The van der Waals surface area contributed by atoms with Crippen molar-refractivity contribution in [3.63, 3.8) is 0 Å². The number of aromatic hydroxyl groups is 1. The van der Waals surface area contributed by atoms with Crippen molar-refractivity contribution >= 4 is 29.1 Å². The highest BCUT2D eigenvalue weighted by Gasteiger charge is 2.34. The first-order valence-corrected chi connectivity index (χ1v) is 18.4. The van der Waals surface area contributed by atoms with Gasteiger partial charge in [0.1, 0.15) is 23.8 Å². The lowest BCUT2D eigenvalue weighted by molar-refractivity contribution is -0.134. The molecule has 3 aliphatic heterocycles. The number of ether oxygens (including phenoxy) is 3. The fourth-order valence-electron chi connectivity index (χ4n) is 7.27. The fraction of sp³-hybridized carbons (Fsp3) is 0.205. The van der Waals surface area contributed by atoms with Crippen LogP contribution in [0.4, 0.5) is 0 Å². The van der Waals surface area contributed by atoms with Crippen molar-refractivity contribution in [3.05, 3.63) is 153 Å². The van der Waals surface area contributed by atoms with E-state index in [1.54, 1.807) is 24.1 Å². The van der Waals surface area contributed by atoms with Gasteiger partial charge in [0.05, 0.1) is 36.4 Å². The Morgan fingerprint density at radius 1 is 0.947 bits per heavy atom. The summed E-state index contributed by atoms with van der Waals surface area (Å²) in [7, 11) is 1.56. The zero-order valence-electron chi connectivity index (χ0n) is 31.1. The predicted molar refractivity (Wildman–Crippen MR) is 211 cm³/mol. The molecule has 57 heavy (non-hydrogen) atoms. The van der Waals surface area contributed by atoms with E-state index in [2.05, 4.69) is 5.32 Å². The number of benzene rings is 5. The number of phenols is 1. The third-order valence-corrected chi connectivity index (χ3v) is 9.92. The van der Waals surface area contributed by atoms with Gasteiger partial charge < -0.3 is 34.6 Å². The molecule has 0 spiro atoms. The Labute approximate surface area is 327 Å². The molecule has 3 aliphatic rings. The fourth-order valence-corrected chi connectivity index (χ4v) is 7.27. The van der Waals surface area contributed by atoms with Crippen LogP contribution in [0, 0.1) is 0 Å². The van der Waals surface area contributed by atoms with Crippen molar-refractivity contribution in [2.75, 3.05) is 26.8 Å². The molecule has 9 rings (SSSR count). The number of carbonyl (C=O) groups is 3. The lowest BCUT2D eigenvalue weighted by Crippen LogP contribution is -2.44. The molecule has 13 heteroatoms. The van der Waals surface area contributed by atoms with Gasteiger partial charge in [0, 0.05) is 24.9 Å². The van der Waals surface area contributed by atoms with E-state index in [0.29, 0.717) is 66.4 Å². The van der Waals surface area contributed by atoms with Crippen LogP contribution in [0.5, 0.6) is 28.7 Å². The van der Waals surface area contributed by atoms with Gasteiger partial charge in [-0.2, -0.15) is 5.10 Å². The van der Waals surface area contributed by atoms with E-state index in [1.165, 1.54) is 16.8 Å². The molecular weight excluding hydrogens is 729 g/mol. The van der Waals surface area contributed by atoms with Crippen LogP contribution in [-0.2, 0) is 29.0 Å².